The fourth-order valence-corrected chi connectivity index (χ4v) is 3.76. The van der Waals surface area contributed by atoms with Crippen LogP contribution >= 0.6 is 0 Å². The summed E-state index contributed by atoms with van der Waals surface area (Å²) in [7, 11) is 0. The minimum absolute atomic E-state index is 0.0609. The molecule has 1 fully saturated rings. The third kappa shape index (κ3) is 8.03. The molecule has 1 aliphatic heterocycles. The third-order valence-electron chi connectivity index (χ3n) is 5.80. The van der Waals surface area contributed by atoms with E-state index in [9.17, 15) is 14.4 Å². The van der Waals surface area contributed by atoms with Crippen LogP contribution in [0.5, 0.6) is 0 Å². The largest absolute Gasteiger partial charge is 0.369 e. The highest BCUT2D eigenvalue weighted by Crippen LogP contribution is 2.17. The fraction of sp³-hybridized carbons (Fsp3) is 0.440. The quantitative estimate of drug-likeness (QED) is 0.324. The Labute approximate surface area is 211 Å². The summed E-state index contributed by atoms with van der Waals surface area (Å²) in [6.45, 7) is 7.69. The number of nitrogens with zero attached hydrogens (tertiary/aromatic N) is 4. The number of likely N-dealkylation sites (tertiary alicyclic amines) is 1. The molecule has 3 amide bonds. The zero-order chi connectivity index (χ0) is 25.8. The van der Waals surface area contributed by atoms with Crippen molar-refractivity contribution in [2.75, 3.05) is 43.4 Å². The molecule has 1 saturated heterocycles. The van der Waals surface area contributed by atoms with Gasteiger partial charge in [-0.15, -0.1) is 0 Å². The van der Waals surface area contributed by atoms with Crippen molar-refractivity contribution in [3.05, 3.63) is 54.5 Å². The van der Waals surface area contributed by atoms with Crippen LogP contribution in [0.3, 0.4) is 0 Å². The van der Waals surface area contributed by atoms with Crippen molar-refractivity contribution in [2.24, 2.45) is 0 Å². The summed E-state index contributed by atoms with van der Waals surface area (Å²) in [6.07, 6.45) is 9.13. The minimum atomic E-state index is -0.379. The Balaban J connectivity index is 1.53. The van der Waals surface area contributed by atoms with E-state index in [1.54, 1.807) is 17.3 Å². The molecule has 36 heavy (non-hydrogen) atoms. The normalized spacial score (nSPS) is 13.5. The number of amides is 3. The maximum Gasteiger partial charge on any atom is 0.256 e. The second kappa shape index (κ2) is 13.8. The van der Waals surface area contributed by atoms with Gasteiger partial charge in [0.15, 0.2) is 0 Å². The number of carbonyl (C=O) groups excluding carboxylic acids is 3. The molecule has 3 rings (SSSR count). The SMILES string of the molecule is C=CC(=O)NCC(=O)N1CCC(NC(=O)c2cnc(NCCc3ccncc3)nc2NCCC)CC1. The van der Waals surface area contributed by atoms with Crippen LogP contribution in [0.15, 0.2) is 43.4 Å². The van der Waals surface area contributed by atoms with Crippen molar-refractivity contribution < 1.29 is 14.4 Å². The molecule has 2 aromatic heterocycles. The number of rotatable bonds is 12. The Bertz CT molecular complexity index is 1040. The monoisotopic (exact) mass is 494 g/mol. The van der Waals surface area contributed by atoms with Crippen LogP contribution in [-0.2, 0) is 16.0 Å². The van der Waals surface area contributed by atoms with Gasteiger partial charge in [0.2, 0.25) is 17.8 Å². The minimum Gasteiger partial charge on any atom is -0.369 e. The Morgan fingerprint density at radius 3 is 2.58 bits per heavy atom. The Morgan fingerprint density at radius 2 is 1.89 bits per heavy atom. The molecule has 11 heteroatoms. The molecule has 4 N–H and O–H groups in total. The van der Waals surface area contributed by atoms with Crippen molar-refractivity contribution in [3.63, 3.8) is 0 Å². The highest BCUT2D eigenvalue weighted by molar-refractivity contribution is 5.98. The maximum atomic E-state index is 13.0. The van der Waals surface area contributed by atoms with Crippen molar-refractivity contribution in [1.29, 1.82) is 0 Å². The average molecular weight is 495 g/mol. The predicted octanol–water partition coefficient (Wildman–Crippen LogP) is 1.37. The van der Waals surface area contributed by atoms with E-state index in [1.807, 2.05) is 19.1 Å². The van der Waals surface area contributed by atoms with Gasteiger partial charge in [-0.05, 0) is 49.5 Å². The molecule has 0 bridgehead atoms. The summed E-state index contributed by atoms with van der Waals surface area (Å²) in [5.74, 6) is 0.160. The molecule has 3 heterocycles. The molecule has 0 atom stereocenters. The van der Waals surface area contributed by atoms with Gasteiger partial charge in [0.05, 0.1) is 6.54 Å². The predicted molar refractivity (Wildman–Crippen MR) is 138 cm³/mol. The first kappa shape index (κ1) is 26.6. The molecule has 0 saturated carbocycles. The summed E-state index contributed by atoms with van der Waals surface area (Å²) >= 11 is 0. The average Bonchev–Trinajstić information content (AvgIpc) is 2.91. The smallest absolute Gasteiger partial charge is 0.256 e. The van der Waals surface area contributed by atoms with Crippen molar-refractivity contribution in [1.82, 2.24) is 30.5 Å². The first-order valence-corrected chi connectivity index (χ1v) is 12.2. The van der Waals surface area contributed by atoms with E-state index in [2.05, 4.69) is 42.8 Å². The van der Waals surface area contributed by atoms with E-state index < -0.39 is 0 Å². The number of anilines is 2. The third-order valence-corrected chi connectivity index (χ3v) is 5.80. The van der Waals surface area contributed by atoms with Gasteiger partial charge in [-0.25, -0.2) is 4.98 Å². The number of hydrogen-bond acceptors (Lipinski definition) is 8. The van der Waals surface area contributed by atoms with Crippen LogP contribution in [-0.4, -0.2) is 76.3 Å². The van der Waals surface area contributed by atoms with Crippen LogP contribution in [0.4, 0.5) is 11.8 Å². The van der Waals surface area contributed by atoms with E-state index >= 15 is 0 Å². The van der Waals surface area contributed by atoms with Gasteiger partial charge in [0.1, 0.15) is 11.4 Å². The van der Waals surface area contributed by atoms with Crippen LogP contribution in [0.25, 0.3) is 0 Å². The number of hydrogen-bond donors (Lipinski definition) is 4. The second-order valence-corrected chi connectivity index (χ2v) is 8.47. The summed E-state index contributed by atoms with van der Waals surface area (Å²) < 4.78 is 0. The summed E-state index contributed by atoms with van der Waals surface area (Å²) in [5, 5.41) is 12.0. The molecule has 1 aliphatic rings. The van der Waals surface area contributed by atoms with Gasteiger partial charge < -0.3 is 26.2 Å². The summed E-state index contributed by atoms with van der Waals surface area (Å²) in [6, 6.07) is 3.86. The Morgan fingerprint density at radius 1 is 1.14 bits per heavy atom. The Kier molecular flexibility index (Phi) is 10.2. The first-order valence-electron chi connectivity index (χ1n) is 12.2. The van der Waals surface area contributed by atoms with Crippen molar-refractivity contribution in [2.45, 2.75) is 38.6 Å². The molecule has 0 aliphatic carbocycles. The number of piperidine rings is 1. The highest BCUT2D eigenvalue weighted by Gasteiger charge is 2.25. The Hall–Kier alpha value is -4.02. The van der Waals surface area contributed by atoms with Gasteiger partial charge in [-0.2, -0.15) is 4.98 Å². The second-order valence-electron chi connectivity index (χ2n) is 8.47. The lowest BCUT2D eigenvalue weighted by molar-refractivity contribution is -0.133. The van der Waals surface area contributed by atoms with Crippen LogP contribution in [0.2, 0.25) is 0 Å². The standard InChI is InChI=1S/C25H34N8O3/c1-3-10-27-23-20(16-30-25(32-23)28-13-7-18-5-11-26-12-6-18)24(36)31-19-8-14-33(15-9-19)22(35)17-29-21(34)4-2/h4-6,11-12,16,19H,2-3,7-10,13-15,17H2,1H3,(H,29,34)(H,31,36)(H2,27,28,30,32). The lowest BCUT2D eigenvalue weighted by Gasteiger charge is -2.32. The number of carbonyl (C=O) groups is 3. The molecule has 0 unspecified atom stereocenters. The van der Waals surface area contributed by atoms with Crippen LogP contribution in [0, 0.1) is 0 Å². The van der Waals surface area contributed by atoms with E-state index in [-0.39, 0.29) is 30.3 Å². The first-order chi connectivity index (χ1) is 17.5. The molecule has 192 valence electrons. The molecule has 0 aromatic carbocycles. The summed E-state index contributed by atoms with van der Waals surface area (Å²) in [4.78, 5) is 51.1. The zero-order valence-corrected chi connectivity index (χ0v) is 20.6. The van der Waals surface area contributed by atoms with Crippen LogP contribution in [0.1, 0.15) is 42.1 Å². The van der Waals surface area contributed by atoms with E-state index in [0.717, 1.165) is 24.5 Å². The number of nitrogens with one attached hydrogen (secondary N) is 4. The van der Waals surface area contributed by atoms with Crippen LogP contribution < -0.4 is 21.3 Å². The van der Waals surface area contributed by atoms with Gasteiger partial charge in [-0.1, -0.05) is 13.5 Å². The zero-order valence-electron chi connectivity index (χ0n) is 20.6. The molecular formula is C25H34N8O3. The number of aromatic nitrogens is 3. The van der Waals surface area contributed by atoms with Gasteiger partial charge in [0, 0.05) is 50.8 Å². The van der Waals surface area contributed by atoms with Crippen molar-refractivity contribution >= 4 is 29.5 Å². The van der Waals surface area contributed by atoms with Gasteiger partial charge in [0.25, 0.3) is 5.91 Å². The highest BCUT2D eigenvalue weighted by atomic mass is 16.2. The van der Waals surface area contributed by atoms with E-state index in [4.69, 9.17) is 0 Å². The molecular weight excluding hydrogens is 460 g/mol. The van der Waals surface area contributed by atoms with Gasteiger partial charge >= 0.3 is 0 Å². The lowest BCUT2D eigenvalue weighted by Crippen LogP contribution is -2.49. The summed E-state index contributed by atoms with van der Waals surface area (Å²) in [5.41, 5.74) is 1.54. The topological polar surface area (TPSA) is 141 Å². The molecule has 2 aromatic rings. The molecule has 0 spiro atoms. The maximum absolute atomic E-state index is 13.0. The van der Waals surface area contributed by atoms with E-state index in [1.165, 1.54) is 6.20 Å². The number of pyridine rings is 1. The van der Waals surface area contributed by atoms with Crippen molar-refractivity contribution in [3.8, 4) is 0 Å². The lowest BCUT2D eigenvalue weighted by atomic mass is 10.0. The van der Waals surface area contributed by atoms with E-state index in [0.29, 0.717) is 56.4 Å². The molecule has 11 nitrogen and oxygen atoms in total. The van der Waals surface area contributed by atoms with Gasteiger partial charge in [-0.3, -0.25) is 19.4 Å². The molecule has 0 radical (unpaired) electrons. The fourth-order valence-electron chi connectivity index (χ4n) is 3.76.